The van der Waals surface area contributed by atoms with Crippen LogP contribution < -0.4 is 5.32 Å². The summed E-state index contributed by atoms with van der Waals surface area (Å²) < 4.78 is 5.49. The van der Waals surface area contributed by atoms with Crippen LogP contribution in [0.15, 0.2) is 6.20 Å². The van der Waals surface area contributed by atoms with Crippen LogP contribution in [0.4, 0.5) is 0 Å². The highest BCUT2D eigenvalue weighted by atomic mass is 32.1. The maximum atomic E-state index is 5.49. The van der Waals surface area contributed by atoms with Crippen molar-refractivity contribution in [2.24, 2.45) is 0 Å². The second kappa shape index (κ2) is 7.76. The van der Waals surface area contributed by atoms with E-state index < -0.39 is 0 Å². The summed E-state index contributed by atoms with van der Waals surface area (Å²) in [5, 5.41) is 4.56. The fourth-order valence-corrected chi connectivity index (χ4v) is 2.19. The summed E-state index contributed by atoms with van der Waals surface area (Å²) in [7, 11) is 0. The van der Waals surface area contributed by atoms with Gasteiger partial charge in [-0.1, -0.05) is 13.3 Å². The SMILES string of the molecule is CCCCOCCNC(C)c1cnc(C)s1. The first kappa shape index (κ1) is 13.6. The first-order chi connectivity index (χ1) is 7.74. The lowest BCUT2D eigenvalue weighted by Gasteiger charge is -2.11. The molecule has 0 aromatic carbocycles. The van der Waals surface area contributed by atoms with Crippen molar-refractivity contribution in [1.29, 1.82) is 0 Å². The Balaban J connectivity index is 2.09. The monoisotopic (exact) mass is 242 g/mol. The van der Waals surface area contributed by atoms with E-state index in [0.29, 0.717) is 6.04 Å². The molecule has 4 heteroatoms. The standard InChI is InChI=1S/C12H22N2OS/c1-4-5-7-15-8-6-13-10(2)12-9-14-11(3)16-12/h9-10,13H,4-8H2,1-3H3. The van der Waals surface area contributed by atoms with Crippen LogP contribution in [0.5, 0.6) is 0 Å². The van der Waals surface area contributed by atoms with Crippen LogP contribution in [0.3, 0.4) is 0 Å². The smallest absolute Gasteiger partial charge is 0.0897 e. The first-order valence-corrected chi connectivity index (χ1v) is 6.79. The van der Waals surface area contributed by atoms with Gasteiger partial charge in [0, 0.05) is 30.3 Å². The quantitative estimate of drug-likeness (QED) is 0.712. The lowest BCUT2D eigenvalue weighted by Crippen LogP contribution is -2.22. The van der Waals surface area contributed by atoms with E-state index in [0.717, 1.165) is 31.2 Å². The van der Waals surface area contributed by atoms with E-state index in [1.54, 1.807) is 11.3 Å². The van der Waals surface area contributed by atoms with Crippen molar-refractivity contribution < 1.29 is 4.74 Å². The van der Waals surface area contributed by atoms with Gasteiger partial charge in [0.15, 0.2) is 0 Å². The number of hydrogen-bond donors (Lipinski definition) is 1. The van der Waals surface area contributed by atoms with Crippen molar-refractivity contribution in [1.82, 2.24) is 10.3 Å². The van der Waals surface area contributed by atoms with Gasteiger partial charge in [-0.15, -0.1) is 11.3 Å². The maximum absolute atomic E-state index is 5.49. The van der Waals surface area contributed by atoms with Gasteiger partial charge >= 0.3 is 0 Å². The highest BCUT2D eigenvalue weighted by Gasteiger charge is 2.06. The molecule has 0 spiro atoms. The van der Waals surface area contributed by atoms with Crippen LogP contribution in [0.1, 0.15) is 42.6 Å². The van der Waals surface area contributed by atoms with Crippen LogP contribution in [0.25, 0.3) is 0 Å². The van der Waals surface area contributed by atoms with Gasteiger partial charge < -0.3 is 10.1 Å². The van der Waals surface area contributed by atoms with Crippen LogP contribution in [0.2, 0.25) is 0 Å². The number of nitrogens with one attached hydrogen (secondary N) is 1. The third-order valence-electron chi connectivity index (χ3n) is 2.41. The summed E-state index contributed by atoms with van der Waals surface area (Å²) in [5.74, 6) is 0. The molecule has 1 rings (SSSR count). The van der Waals surface area contributed by atoms with E-state index in [1.807, 2.05) is 13.1 Å². The summed E-state index contributed by atoms with van der Waals surface area (Å²) in [6.45, 7) is 8.96. The fourth-order valence-electron chi connectivity index (χ4n) is 1.37. The predicted molar refractivity (Wildman–Crippen MR) is 69.0 cm³/mol. The molecule has 1 heterocycles. The molecule has 3 nitrogen and oxygen atoms in total. The minimum atomic E-state index is 0.376. The Kier molecular flexibility index (Phi) is 6.61. The molecule has 0 radical (unpaired) electrons. The number of ether oxygens (including phenoxy) is 1. The van der Waals surface area contributed by atoms with Crippen LogP contribution >= 0.6 is 11.3 Å². The van der Waals surface area contributed by atoms with Gasteiger partial charge in [-0.2, -0.15) is 0 Å². The van der Waals surface area contributed by atoms with Gasteiger partial charge in [0.2, 0.25) is 0 Å². The zero-order valence-electron chi connectivity index (χ0n) is 10.5. The molecule has 1 aromatic rings. The topological polar surface area (TPSA) is 34.1 Å². The van der Waals surface area contributed by atoms with Gasteiger partial charge in [0.05, 0.1) is 11.6 Å². The van der Waals surface area contributed by atoms with E-state index in [1.165, 1.54) is 11.3 Å². The highest BCUT2D eigenvalue weighted by molar-refractivity contribution is 7.11. The summed E-state index contributed by atoms with van der Waals surface area (Å²) in [4.78, 5) is 5.55. The van der Waals surface area contributed by atoms with Crippen molar-refractivity contribution >= 4 is 11.3 Å². The zero-order valence-corrected chi connectivity index (χ0v) is 11.3. The van der Waals surface area contributed by atoms with E-state index >= 15 is 0 Å². The number of unbranched alkanes of at least 4 members (excludes halogenated alkanes) is 1. The van der Waals surface area contributed by atoms with E-state index in [4.69, 9.17) is 4.74 Å². The minimum absolute atomic E-state index is 0.376. The van der Waals surface area contributed by atoms with Crippen LogP contribution in [0, 0.1) is 6.92 Å². The normalized spacial score (nSPS) is 12.9. The number of aromatic nitrogens is 1. The number of aryl methyl sites for hydroxylation is 1. The molecular weight excluding hydrogens is 220 g/mol. The highest BCUT2D eigenvalue weighted by Crippen LogP contribution is 2.19. The van der Waals surface area contributed by atoms with Crippen molar-refractivity contribution in [3.63, 3.8) is 0 Å². The lowest BCUT2D eigenvalue weighted by atomic mass is 10.3. The molecule has 92 valence electrons. The maximum Gasteiger partial charge on any atom is 0.0897 e. The molecule has 1 atom stereocenters. The Bertz CT molecular complexity index is 288. The van der Waals surface area contributed by atoms with Crippen molar-refractivity contribution in [2.75, 3.05) is 19.8 Å². The molecule has 0 saturated carbocycles. The number of hydrogen-bond acceptors (Lipinski definition) is 4. The summed E-state index contributed by atoms with van der Waals surface area (Å²) in [6.07, 6.45) is 4.31. The van der Waals surface area contributed by atoms with Gasteiger partial charge in [-0.25, -0.2) is 4.98 Å². The van der Waals surface area contributed by atoms with Gasteiger partial charge in [0.1, 0.15) is 0 Å². The molecule has 16 heavy (non-hydrogen) atoms. The third kappa shape index (κ3) is 5.05. The molecule has 0 bridgehead atoms. The molecule has 0 aliphatic heterocycles. The van der Waals surface area contributed by atoms with Gasteiger partial charge in [0.25, 0.3) is 0 Å². The summed E-state index contributed by atoms with van der Waals surface area (Å²) in [5.41, 5.74) is 0. The molecule has 0 amide bonds. The summed E-state index contributed by atoms with van der Waals surface area (Å²) in [6, 6.07) is 0.376. The number of thiazole rings is 1. The molecule has 0 aliphatic carbocycles. The Morgan fingerprint density at radius 3 is 2.94 bits per heavy atom. The lowest BCUT2D eigenvalue weighted by molar-refractivity contribution is 0.131. The number of nitrogens with zero attached hydrogens (tertiary/aromatic N) is 1. The molecule has 0 saturated heterocycles. The average molecular weight is 242 g/mol. The summed E-state index contributed by atoms with van der Waals surface area (Å²) >= 11 is 1.75. The van der Waals surface area contributed by atoms with E-state index in [2.05, 4.69) is 24.1 Å². The average Bonchev–Trinajstić information content (AvgIpc) is 2.70. The third-order valence-corrected chi connectivity index (χ3v) is 3.50. The predicted octanol–water partition coefficient (Wildman–Crippen LogP) is 2.92. The molecule has 0 fully saturated rings. The van der Waals surface area contributed by atoms with Gasteiger partial charge in [-0.3, -0.25) is 0 Å². The second-order valence-electron chi connectivity index (χ2n) is 3.92. The zero-order chi connectivity index (χ0) is 11.8. The van der Waals surface area contributed by atoms with Gasteiger partial charge in [-0.05, 0) is 20.3 Å². The number of rotatable bonds is 8. The van der Waals surface area contributed by atoms with Crippen molar-refractivity contribution in [2.45, 2.75) is 39.7 Å². The van der Waals surface area contributed by atoms with Crippen LogP contribution in [-0.4, -0.2) is 24.7 Å². The Morgan fingerprint density at radius 1 is 1.50 bits per heavy atom. The Labute approximate surface area is 102 Å². The molecule has 0 aliphatic rings. The molecule has 1 aromatic heterocycles. The second-order valence-corrected chi connectivity index (χ2v) is 5.19. The Morgan fingerprint density at radius 2 is 2.31 bits per heavy atom. The van der Waals surface area contributed by atoms with Crippen molar-refractivity contribution in [3.05, 3.63) is 16.1 Å². The van der Waals surface area contributed by atoms with E-state index in [9.17, 15) is 0 Å². The molecule has 1 unspecified atom stereocenters. The largest absolute Gasteiger partial charge is 0.380 e. The fraction of sp³-hybridized carbons (Fsp3) is 0.750. The van der Waals surface area contributed by atoms with Crippen molar-refractivity contribution in [3.8, 4) is 0 Å². The molecule has 1 N–H and O–H groups in total. The van der Waals surface area contributed by atoms with Crippen LogP contribution in [-0.2, 0) is 4.74 Å². The Hall–Kier alpha value is -0.450. The minimum Gasteiger partial charge on any atom is -0.380 e. The molecular formula is C12H22N2OS. The first-order valence-electron chi connectivity index (χ1n) is 5.97. The van der Waals surface area contributed by atoms with E-state index in [-0.39, 0.29) is 0 Å².